The summed E-state index contributed by atoms with van der Waals surface area (Å²) in [4.78, 5) is 11.1. The number of halogens is 3. The Hall–Kier alpha value is -2.74. The van der Waals surface area contributed by atoms with Gasteiger partial charge in [0.25, 0.3) is 0 Å². The first-order valence-electron chi connectivity index (χ1n) is 10.3. The van der Waals surface area contributed by atoms with Crippen molar-refractivity contribution in [2.75, 3.05) is 6.54 Å². The van der Waals surface area contributed by atoms with Gasteiger partial charge in [-0.25, -0.2) is 0 Å². The van der Waals surface area contributed by atoms with Crippen LogP contribution in [-0.4, -0.2) is 30.1 Å². The van der Waals surface area contributed by atoms with Gasteiger partial charge in [-0.15, -0.1) is 13.2 Å². The average Bonchev–Trinajstić information content (AvgIpc) is 2.68. The molecule has 31 heavy (non-hydrogen) atoms. The molecule has 1 aliphatic heterocycles. The van der Waals surface area contributed by atoms with E-state index in [-0.39, 0.29) is 24.2 Å². The van der Waals surface area contributed by atoms with E-state index in [9.17, 15) is 18.0 Å². The van der Waals surface area contributed by atoms with E-state index in [1.54, 1.807) is 12.1 Å². The number of carbonyl (C=O) groups is 1. The standard InChI is InChI=1S/C23H26F3NO4/c1-15-12-19-17(13-22(28)29)4-2-5-21(19)30-20(15)6-3-11-27-14-16-7-9-18(10-8-16)31-23(24,25)26/h2,4-5,7-10,15,20,27H,3,6,11-14H2,1H3,(H,28,29). The van der Waals surface area contributed by atoms with Crippen molar-refractivity contribution in [1.82, 2.24) is 5.32 Å². The summed E-state index contributed by atoms with van der Waals surface area (Å²) < 4.78 is 46.6. The molecule has 0 fully saturated rings. The predicted molar refractivity (Wildman–Crippen MR) is 109 cm³/mol. The lowest BCUT2D eigenvalue weighted by Crippen LogP contribution is -2.32. The second-order valence-corrected chi connectivity index (χ2v) is 7.81. The molecule has 0 aromatic heterocycles. The predicted octanol–water partition coefficient (Wildman–Crippen LogP) is 4.72. The smallest absolute Gasteiger partial charge is 0.490 e. The maximum atomic E-state index is 12.2. The Balaban J connectivity index is 1.43. The molecule has 0 spiro atoms. The molecule has 2 aromatic rings. The number of hydrogen-bond acceptors (Lipinski definition) is 4. The van der Waals surface area contributed by atoms with Gasteiger partial charge in [-0.3, -0.25) is 4.79 Å². The minimum atomic E-state index is -4.68. The largest absolute Gasteiger partial charge is 0.573 e. The lowest BCUT2D eigenvalue weighted by molar-refractivity contribution is -0.274. The molecule has 3 rings (SSSR count). The molecule has 0 aliphatic carbocycles. The molecule has 2 aromatic carbocycles. The molecule has 8 heteroatoms. The van der Waals surface area contributed by atoms with Gasteiger partial charge < -0.3 is 19.9 Å². The van der Waals surface area contributed by atoms with Crippen LogP contribution >= 0.6 is 0 Å². The summed E-state index contributed by atoms with van der Waals surface area (Å²) in [6, 6.07) is 11.4. The quantitative estimate of drug-likeness (QED) is 0.556. The first-order valence-corrected chi connectivity index (χ1v) is 10.3. The van der Waals surface area contributed by atoms with Gasteiger partial charge in [-0.1, -0.05) is 31.2 Å². The highest BCUT2D eigenvalue weighted by Gasteiger charge is 2.31. The minimum Gasteiger partial charge on any atom is -0.490 e. The Bertz CT molecular complexity index is 883. The van der Waals surface area contributed by atoms with E-state index in [0.717, 1.165) is 48.2 Å². The molecule has 0 saturated heterocycles. The van der Waals surface area contributed by atoms with E-state index >= 15 is 0 Å². The van der Waals surface area contributed by atoms with E-state index < -0.39 is 12.3 Å². The maximum absolute atomic E-state index is 12.2. The summed E-state index contributed by atoms with van der Waals surface area (Å²) in [7, 11) is 0. The van der Waals surface area contributed by atoms with Crippen molar-refractivity contribution in [3.63, 3.8) is 0 Å². The summed E-state index contributed by atoms with van der Waals surface area (Å²) in [6.07, 6.45) is -2.09. The second-order valence-electron chi connectivity index (χ2n) is 7.81. The van der Waals surface area contributed by atoms with Gasteiger partial charge in [-0.2, -0.15) is 0 Å². The molecule has 2 atom stereocenters. The number of nitrogens with one attached hydrogen (secondary N) is 1. The summed E-state index contributed by atoms with van der Waals surface area (Å²) >= 11 is 0. The zero-order valence-electron chi connectivity index (χ0n) is 17.2. The van der Waals surface area contributed by atoms with Crippen molar-refractivity contribution in [3.05, 3.63) is 59.2 Å². The zero-order valence-corrected chi connectivity index (χ0v) is 17.2. The van der Waals surface area contributed by atoms with Gasteiger partial charge in [0.1, 0.15) is 17.6 Å². The molecule has 2 N–H and O–H groups in total. The molecule has 5 nitrogen and oxygen atoms in total. The van der Waals surface area contributed by atoms with Crippen LogP contribution in [0.25, 0.3) is 0 Å². The summed E-state index contributed by atoms with van der Waals surface area (Å²) in [6.45, 7) is 3.41. The van der Waals surface area contributed by atoms with Crippen molar-refractivity contribution < 1.29 is 32.5 Å². The average molecular weight is 437 g/mol. The topological polar surface area (TPSA) is 67.8 Å². The minimum absolute atomic E-state index is 0.00283. The maximum Gasteiger partial charge on any atom is 0.573 e. The summed E-state index contributed by atoms with van der Waals surface area (Å²) in [5, 5.41) is 12.4. The zero-order chi connectivity index (χ0) is 22.4. The molecular formula is C23H26F3NO4. The fraction of sp³-hybridized carbons (Fsp3) is 0.435. The van der Waals surface area contributed by atoms with Crippen LogP contribution in [0.5, 0.6) is 11.5 Å². The normalized spacial score (nSPS) is 18.2. The van der Waals surface area contributed by atoms with Gasteiger partial charge >= 0.3 is 12.3 Å². The Morgan fingerprint density at radius 1 is 1.23 bits per heavy atom. The third-order valence-corrected chi connectivity index (χ3v) is 5.34. The van der Waals surface area contributed by atoms with E-state index in [2.05, 4.69) is 17.0 Å². The number of ether oxygens (including phenoxy) is 2. The van der Waals surface area contributed by atoms with Crippen molar-refractivity contribution >= 4 is 5.97 Å². The van der Waals surface area contributed by atoms with Crippen LogP contribution in [-0.2, 0) is 24.2 Å². The number of hydrogen-bond donors (Lipinski definition) is 2. The van der Waals surface area contributed by atoms with E-state index in [4.69, 9.17) is 9.84 Å². The Morgan fingerprint density at radius 3 is 2.65 bits per heavy atom. The van der Waals surface area contributed by atoms with Crippen LogP contribution in [0.15, 0.2) is 42.5 Å². The third-order valence-electron chi connectivity index (χ3n) is 5.34. The van der Waals surface area contributed by atoms with E-state index in [1.807, 2.05) is 18.2 Å². The van der Waals surface area contributed by atoms with Gasteiger partial charge in [-0.05, 0) is 66.6 Å². The number of carboxylic acids is 1. The van der Waals surface area contributed by atoms with Crippen molar-refractivity contribution in [2.24, 2.45) is 5.92 Å². The highest BCUT2D eigenvalue weighted by atomic mass is 19.4. The molecule has 1 heterocycles. The first-order chi connectivity index (χ1) is 14.7. The van der Waals surface area contributed by atoms with Crippen LogP contribution in [0, 0.1) is 5.92 Å². The summed E-state index contributed by atoms with van der Waals surface area (Å²) in [5.74, 6) is -0.0251. The molecule has 168 valence electrons. The fourth-order valence-corrected chi connectivity index (χ4v) is 3.83. The highest BCUT2D eigenvalue weighted by molar-refractivity contribution is 5.71. The lowest BCUT2D eigenvalue weighted by Gasteiger charge is -2.33. The van der Waals surface area contributed by atoms with Crippen LogP contribution in [0.3, 0.4) is 0 Å². The van der Waals surface area contributed by atoms with Crippen LogP contribution in [0.4, 0.5) is 13.2 Å². The van der Waals surface area contributed by atoms with Gasteiger partial charge in [0.15, 0.2) is 0 Å². The monoisotopic (exact) mass is 437 g/mol. The van der Waals surface area contributed by atoms with Crippen LogP contribution in [0.2, 0.25) is 0 Å². The number of rotatable bonds is 9. The molecular weight excluding hydrogens is 411 g/mol. The number of alkyl halides is 3. The molecule has 0 bridgehead atoms. The SMILES string of the molecule is CC1Cc2c(CC(=O)O)cccc2OC1CCCNCc1ccc(OC(F)(F)F)cc1. The van der Waals surface area contributed by atoms with Gasteiger partial charge in [0.2, 0.25) is 0 Å². The van der Waals surface area contributed by atoms with Crippen LogP contribution in [0.1, 0.15) is 36.5 Å². The Kier molecular flexibility index (Phi) is 7.43. The fourth-order valence-electron chi connectivity index (χ4n) is 3.83. The molecule has 0 saturated carbocycles. The summed E-state index contributed by atoms with van der Waals surface area (Å²) in [5.41, 5.74) is 2.67. The first kappa shape index (κ1) is 22.9. The molecule has 0 amide bonds. The Labute approximate surface area is 179 Å². The Morgan fingerprint density at radius 2 is 1.97 bits per heavy atom. The number of carboxylic acid groups (broad SMARTS) is 1. The molecule has 0 radical (unpaired) electrons. The molecule has 2 unspecified atom stereocenters. The third kappa shape index (κ3) is 6.89. The van der Waals surface area contributed by atoms with Crippen molar-refractivity contribution in [3.8, 4) is 11.5 Å². The number of aliphatic carboxylic acids is 1. The van der Waals surface area contributed by atoms with Crippen molar-refractivity contribution in [1.29, 1.82) is 0 Å². The van der Waals surface area contributed by atoms with E-state index in [0.29, 0.717) is 6.54 Å². The second kappa shape index (κ2) is 10.0. The van der Waals surface area contributed by atoms with Gasteiger partial charge in [0.05, 0.1) is 6.42 Å². The van der Waals surface area contributed by atoms with E-state index in [1.165, 1.54) is 12.1 Å². The van der Waals surface area contributed by atoms with Gasteiger partial charge in [0, 0.05) is 6.54 Å². The van der Waals surface area contributed by atoms with Crippen LogP contribution < -0.4 is 14.8 Å². The lowest BCUT2D eigenvalue weighted by atomic mass is 9.87. The number of fused-ring (bicyclic) bond motifs is 1. The molecule has 1 aliphatic rings. The van der Waals surface area contributed by atoms with Crippen molar-refractivity contribution in [2.45, 2.75) is 51.6 Å². The number of benzene rings is 2. The highest BCUT2D eigenvalue weighted by Crippen LogP contribution is 2.34.